The van der Waals surface area contributed by atoms with Gasteiger partial charge in [0.25, 0.3) is 0 Å². The van der Waals surface area contributed by atoms with Crippen LogP contribution in [0, 0.1) is 0 Å². The Morgan fingerprint density at radius 3 is 2.39 bits per heavy atom. The number of ether oxygens (including phenoxy) is 3. The van der Waals surface area contributed by atoms with Gasteiger partial charge in [0.05, 0.1) is 13.0 Å². The van der Waals surface area contributed by atoms with Crippen molar-refractivity contribution < 1.29 is 49.6 Å². The van der Waals surface area contributed by atoms with Crippen molar-refractivity contribution in [2.24, 2.45) is 0 Å². The van der Waals surface area contributed by atoms with Gasteiger partial charge in [0.15, 0.2) is 5.78 Å². The molecular formula is C21H22O10. The van der Waals surface area contributed by atoms with Crippen molar-refractivity contribution in [3.8, 4) is 23.0 Å². The summed E-state index contributed by atoms with van der Waals surface area (Å²) >= 11 is 0. The molecule has 10 heteroatoms. The zero-order valence-electron chi connectivity index (χ0n) is 16.2. The molecular weight excluding hydrogens is 412 g/mol. The second-order valence-corrected chi connectivity index (χ2v) is 7.46. The molecule has 10 nitrogen and oxygen atoms in total. The highest BCUT2D eigenvalue weighted by Crippen LogP contribution is 2.42. The van der Waals surface area contributed by atoms with Crippen LogP contribution in [-0.4, -0.2) is 73.7 Å². The molecule has 2 aromatic carbocycles. The Balaban J connectivity index is 1.59. The molecule has 2 heterocycles. The Hall–Kier alpha value is -2.89. The first-order valence-corrected chi connectivity index (χ1v) is 9.61. The fourth-order valence-electron chi connectivity index (χ4n) is 3.66. The minimum absolute atomic E-state index is 0.0156. The highest BCUT2D eigenvalue weighted by atomic mass is 16.7. The highest BCUT2D eigenvalue weighted by molar-refractivity contribution is 6.02. The Morgan fingerprint density at radius 1 is 1.00 bits per heavy atom. The predicted molar refractivity (Wildman–Crippen MR) is 103 cm³/mol. The maximum absolute atomic E-state index is 12.6. The van der Waals surface area contributed by atoms with E-state index in [-0.39, 0.29) is 35.0 Å². The highest BCUT2D eigenvalue weighted by Gasteiger charge is 2.45. The molecule has 2 aliphatic rings. The number of aliphatic hydroxyl groups is 4. The Bertz CT molecular complexity index is 957. The number of hydrogen-bond acceptors (Lipinski definition) is 10. The lowest BCUT2D eigenvalue weighted by Crippen LogP contribution is -2.60. The van der Waals surface area contributed by atoms with Gasteiger partial charge in [-0.1, -0.05) is 12.1 Å². The molecule has 4 rings (SSSR count). The van der Waals surface area contributed by atoms with Crippen LogP contribution in [0.4, 0.5) is 0 Å². The van der Waals surface area contributed by atoms with Crippen molar-refractivity contribution in [1.29, 1.82) is 0 Å². The second kappa shape index (κ2) is 8.33. The average molecular weight is 434 g/mol. The molecule has 0 amide bonds. The second-order valence-electron chi connectivity index (χ2n) is 7.46. The van der Waals surface area contributed by atoms with Crippen molar-refractivity contribution in [2.45, 2.75) is 43.2 Å². The summed E-state index contributed by atoms with van der Waals surface area (Å²) in [5.41, 5.74) is 0.632. The third kappa shape index (κ3) is 4.03. The molecule has 0 bridgehead atoms. The lowest BCUT2D eigenvalue weighted by molar-refractivity contribution is -0.277. The number of rotatable bonds is 4. The lowest BCUT2D eigenvalue weighted by Gasteiger charge is -2.39. The zero-order chi connectivity index (χ0) is 22.3. The summed E-state index contributed by atoms with van der Waals surface area (Å²) in [7, 11) is 0. The fourth-order valence-corrected chi connectivity index (χ4v) is 3.66. The average Bonchev–Trinajstić information content (AvgIpc) is 2.74. The van der Waals surface area contributed by atoms with Gasteiger partial charge >= 0.3 is 0 Å². The zero-order valence-corrected chi connectivity index (χ0v) is 16.2. The Morgan fingerprint density at radius 2 is 1.71 bits per heavy atom. The number of carbonyl (C=O) groups excluding carboxylic acids is 1. The van der Waals surface area contributed by atoms with E-state index < -0.39 is 49.2 Å². The summed E-state index contributed by atoms with van der Waals surface area (Å²) in [5, 5.41) is 59.0. The van der Waals surface area contributed by atoms with E-state index in [1.165, 1.54) is 18.2 Å². The van der Waals surface area contributed by atoms with E-state index in [2.05, 4.69) is 0 Å². The molecule has 0 spiro atoms. The van der Waals surface area contributed by atoms with Crippen molar-refractivity contribution >= 4 is 5.78 Å². The van der Waals surface area contributed by atoms with Crippen LogP contribution < -0.4 is 9.47 Å². The molecule has 0 saturated carbocycles. The number of hydrogen-bond donors (Lipinski definition) is 6. The van der Waals surface area contributed by atoms with E-state index in [0.29, 0.717) is 5.56 Å². The molecule has 0 aromatic heterocycles. The SMILES string of the molecule is O=C1C[C@@H](c2ccc(O)cc2)Oc2cc(O[C@H]3O[C@@H](CO)[C@@H](O)[C@@H](O)[C@H]3O)cc(O)c21. The van der Waals surface area contributed by atoms with Crippen LogP contribution in [0.25, 0.3) is 0 Å². The summed E-state index contributed by atoms with van der Waals surface area (Å²) < 4.78 is 16.7. The standard InChI is InChI=1S/C21H22O10/c22-8-16-18(26)19(27)20(28)21(31-16)29-11-5-12(24)17-13(25)7-14(30-15(17)6-11)9-1-3-10(23)4-2-9/h1-6,14,16,18-24,26-28H,7-8H2/t14-,16-,18+,19+,20+,21-/m0/s1. The molecule has 166 valence electrons. The largest absolute Gasteiger partial charge is 0.508 e. The minimum Gasteiger partial charge on any atom is -0.508 e. The van der Waals surface area contributed by atoms with Crippen LogP contribution in [0.1, 0.15) is 28.4 Å². The first-order chi connectivity index (χ1) is 14.8. The molecule has 1 saturated heterocycles. The molecule has 2 aliphatic heterocycles. The number of fused-ring (bicyclic) bond motifs is 1. The van der Waals surface area contributed by atoms with Crippen LogP contribution >= 0.6 is 0 Å². The normalized spacial score (nSPS) is 30.4. The minimum atomic E-state index is -1.64. The van der Waals surface area contributed by atoms with Crippen molar-refractivity contribution in [3.63, 3.8) is 0 Å². The first kappa shape index (κ1) is 21.3. The number of phenolic OH excluding ortho intramolecular Hbond substituents is 2. The summed E-state index contributed by atoms with van der Waals surface area (Å²) in [4.78, 5) is 12.6. The summed E-state index contributed by atoms with van der Waals surface area (Å²) in [6.07, 6.45) is -8.09. The number of aromatic hydroxyl groups is 2. The van der Waals surface area contributed by atoms with E-state index in [4.69, 9.17) is 14.2 Å². The maximum atomic E-state index is 12.6. The van der Waals surface area contributed by atoms with Gasteiger partial charge in [0, 0.05) is 12.1 Å². The smallest absolute Gasteiger partial charge is 0.229 e. The van der Waals surface area contributed by atoms with E-state index in [1.54, 1.807) is 12.1 Å². The fraction of sp³-hybridized carbons (Fsp3) is 0.381. The topological polar surface area (TPSA) is 166 Å². The van der Waals surface area contributed by atoms with E-state index in [9.17, 15) is 35.4 Å². The monoisotopic (exact) mass is 434 g/mol. The molecule has 1 fully saturated rings. The quantitative estimate of drug-likeness (QED) is 0.385. The van der Waals surface area contributed by atoms with E-state index in [0.717, 1.165) is 6.07 Å². The summed E-state index contributed by atoms with van der Waals surface area (Å²) in [5.74, 6) is -0.657. The van der Waals surface area contributed by atoms with E-state index >= 15 is 0 Å². The van der Waals surface area contributed by atoms with Crippen molar-refractivity contribution in [3.05, 3.63) is 47.5 Å². The van der Waals surface area contributed by atoms with Crippen LogP contribution in [-0.2, 0) is 4.74 Å². The molecule has 0 aliphatic carbocycles. The number of benzene rings is 2. The number of aliphatic hydroxyl groups excluding tert-OH is 4. The van der Waals surface area contributed by atoms with Crippen molar-refractivity contribution in [1.82, 2.24) is 0 Å². The number of ketones is 1. The lowest BCUT2D eigenvalue weighted by atomic mass is 9.95. The van der Waals surface area contributed by atoms with Gasteiger partial charge in [-0.3, -0.25) is 4.79 Å². The summed E-state index contributed by atoms with van der Waals surface area (Å²) in [6, 6.07) is 8.64. The Labute approximate surface area is 176 Å². The van der Waals surface area contributed by atoms with Crippen LogP contribution in [0.2, 0.25) is 0 Å². The van der Waals surface area contributed by atoms with Crippen molar-refractivity contribution in [2.75, 3.05) is 6.61 Å². The summed E-state index contributed by atoms with van der Waals surface area (Å²) in [6.45, 7) is -0.619. The van der Waals surface area contributed by atoms with Gasteiger partial charge in [-0.25, -0.2) is 0 Å². The van der Waals surface area contributed by atoms with Crippen LogP contribution in [0.15, 0.2) is 36.4 Å². The molecule has 2 aromatic rings. The number of Topliss-reactive ketones (excluding diaryl/α,β-unsaturated/α-hetero) is 1. The molecule has 6 atom stereocenters. The number of phenols is 2. The molecule has 31 heavy (non-hydrogen) atoms. The van der Waals surface area contributed by atoms with Gasteiger partial charge in [0.1, 0.15) is 59.1 Å². The molecule has 0 radical (unpaired) electrons. The molecule has 6 N–H and O–H groups in total. The first-order valence-electron chi connectivity index (χ1n) is 9.61. The Kier molecular flexibility index (Phi) is 5.73. The number of carbonyl (C=O) groups is 1. The van der Waals surface area contributed by atoms with Crippen LogP contribution in [0.5, 0.6) is 23.0 Å². The van der Waals surface area contributed by atoms with Gasteiger partial charge in [-0.05, 0) is 17.7 Å². The van der Waals surface area contributed by atoms with Gasteiger partial charge in [0.2, 0.25) is 6.29 Å². The van der Waals surface area contributed by atoms with Gasteiger partial charge in [-0.2, -0.15) is 0 Å². The van der Waals surface area contributed by atoms with E-state index in [1.807, 2.05) is 0 Å². The third-order valence-electron chi connectivity index (χ3n) is 5.34. The van der Waals surface area contributed by atoms with Gasteiger partial charge in [-0.15, -0.1) is 0 Å². The molecule has 0 unspecified atom stereocenters. The third-order valence-corrected chi connectivity index (χ3v) is 5.34. The maximum Gasteiger partial charge on any atom is 0.229 e. The van der Waals surface area contributed by atoms with Gasteiger partial charge < -0.3 is 44.8 Å². The van der Waals surface area contributed by atoms with Crippen LogP contribution in [0.3, 0.4) is 0 Å². The predicted octanol–water partition coefficient (Wildman–Crippen LogP) is -0.0170.